The molecule has 1 aromatic rings. The van der Waals surface area contributed by atoms with Crippen molar-refractivity contribution < 1.29 is 36.3 Å². The Kier molecular flexibility index (Phi) is 6.26. The van der Waals surface area contributed by atoms with Crippen LogP contribution in [0.2, 0.25) is 0 Å². The zero-order chi connectivity index (χ0) is 16.8. The highest BCUT2D eigenvalue weighted by molar-refractivity contribution is 5.91. The maximum absolute atomic E-state index is 13.2. The van der Waals surface area contributed by atoms with Gasteiger partial charge in [-0.05, 0) is 18.6 Å². The smallest absolute Gasteiger partial charge is 0.422 e. The van der Waals surface area contributed by atoms with Crippen LogP contribution in [0.1, 0.15) is 19.3 Å². The average Bonchev–Trinajstić information content (AvgIpc) is 2.39. The number of amides is 1. The molecule has 122 valence electrons. The number of hydrogen-bond acceptors (Lipinski definition) is 3. The van der Waals surface area contributed by atoms with Crippen molar-refractivity contribution in [1.29, 1.82) is 0 Å². The molecule has 9 heteroatoms. The maximum atomic E-state index is 13.2. The largest absolute Gasteiger partial charge is 0.456 e. The monoisotopic (exact) mass is 325 g/mol. The van der Waals surface area contributed by atoms with Crippen molar-refractivity contribution in [3.63, 3.8) is 0 Å². The fraction of sp³-hybridized carbons (Fsp3) is 0.385. The molecule has 4 nitrogen and oxygen atoms in total. The van der Waals surface area contributed by atoms with E-state index >= 15 is 0 Å². The zero-order valence-corrected chi connectivity index (χ0v) is 11.2. The van der Waals surface area contributed by atoms with Gasteiger partial charge < -0.3 is 10.1 Å². The van der Waals surface area contributed by atoms with Gasteiger partial charge in [-0.2, -0.15) is 13.2 Å². The molecule has 0 atom stereocenters. The highest BCUT2D eigenvalue weighted by atomic mass is 19.4. The van der Waals surface area contributed by atoms with Gasteiger partial charge in [-0.1, -0.05) is 0 Å². The highest BCUT2D eigenvalue weighted by Gasteiger charge is 2.29. The van der Waals surface area contributed by atoms with Crippen LogP contribution in [0.3, 0.4) is 0 Å². The Morgan fingerprint density at radius 1 is 1.14 bits per heavy atom. The van der Waals surface area contributed by atoms with Crippen LogP contribution < -0.4 is 5.32 Å². The van der Waals surface area contributed by atoms with Crippen molar-refractivity contribution in [2.24, 2.45) is 0 Å². The first-order valence-electron chi connectivity index (χ1n) is 6.14. The molecule has 0 bridgehead atoms. The summed E-state index contributed by atoms with van der Waals surface area (Å²) in [5.41, 5.74) is -0.231. The highest BCUT2D eigenvalue weighted by Crippen LogP contribution is 2.16. The minimum Gasteiger partial charge on any atom is -0.456 e. The number of rotatable bonds is 6. The van der Waals surface area contributed by atoms with E-state index in [1.54, 1.807) is 0 Å². The van der Waals surface area contributed by atoms with Gasteiger partial charge >= 0.3 is 12.1 Å². The predicted molar refractivity (Wildman–Crippen MR) is 65.9 cm³/mol. The van der Waals surface area contributed by atoms with Crippen LogP contribution in [0.4, 0.5) is 27.6 Å². The molecule has 0 radical (unpaired) electrons. The third-order valence-electron chi connectivity index (χ3n) is 2.39. The van der Waals surface area contributed by atoms with Gasteiger partial charge in [0.25, 0.3) is 0 Å². The lowest BCUT2D eigenvalue weighted by molar-refractivity contribution is -0.186. The molecule has 0 heterocycles. The van der Waals surface area contributed by atoms with E-state index in [-0.39, 0.29) is 24.9 Å². The lowest BCUT2D eigenvalue weighted by Gasteiger charge is -2.08. The fourth-order valence-corrected chi connectivity index (χ4v) is 1.43. The van der Waals surface area contributed by atoms with E-state index in [0.717, 1.165) is 12.1 Å². The number of esters is 1. The van der Waals surface area contributed by atoms with Crippen molar-refractivity contribution in [2.45, 2.75) is 25.4 Å². The standard InChI is InChI=1S/C13H12F5NO3/c14-8-4-5-10(9(15)6-8)19-11(20)2-1-3-12(21)22-7-13(16,17)18/h4-6H,1-3,7H2,(H,19,20). The van der Waals surface area contributed by atoms with E-state index in [2.05, 4.69) is 10.1 Å². The Bertz CT molecular complexity index is 545. The number of anilines is 1. The Morgan fingerprint density at radius 2 is 1.82 bits per heavy atom. The summed E-state index contributed by atoms with van der Waals surface area (Å²) < 4.78 is 65.1. The van der Waals surface area contributed by atoms with Crippen LogP contribution in [-0.4, -0.2) is 24.7 Å². The van der Waals surface area contributed by atoms with Crippen molar-refractivity contribution in [3.8, 4) is 0 Å². The molecule has 0 fully saturated rings. The minimum absolute atomic E-state index is 0.0641. The summed E-state index contributed by atoms with van der Waals surface area (Å²) in [6.07, 6.45) is -5.27. The van der Waals surface area contributed by atoms with Gasteiger partial charge in [-0.25, -0.2) is 8.78 Å². The lowest BCUT2D eigenvalue weighted by atomic mass is 10.2. The summed E-state index contributed by atoms with van der Waals surface area (Å²) >= 11 is 0. The summed E-state index contributed by atoms with van der Waals surface area (Å²) in [6, 6.07) is 2.57. The van der Waals surface area contributed by atoms with Crippen LogP contribution >= 0.6 is 0 Å². The third kappa shape index (κ3) is 7.00. The Labute approximate surface area is 122 Å². The number of hydrogen-bond donors (Lipinski definition) is 1. The molecule has 1 aromatic carbocycles. The molecule has 0 unspecified atom stereocenters. The van der Waals surface area contributed by atoms with Gasteiger partial charge in [-0.15, -0.1) is 0 Å². The minimum atomic E-state index is -4.60. The molecule has 0 aliphatic carbocycles. The number of alkyl halides is 3. The molecule has 0 saturated heterocycles. The van der Waals surface area contributed by atoms with E-state index in [9.17, 15) is 31.5 Å². The molecule has 1 rings (SSSR count). The molecular formula is C13H12F5NO3. The van der Waals surface area contributed by atoms with Crippen LogP contribution in [0.5, 0.6) is 0 Å². The van der Waals surface area contributed by atoms with E-state index in [4.69, 9.17) is 0 Å². The first-order chi connectivity index (χ1) is 10.2. The summed E-state index contributed by atoms with van der Waals surface area (Å²) in [6.45, 7) is -1.68. The van der Waals surface area contributed by atoms with Gasteiger partial charge in [0.05, 0.1) is 5.69 Å². The molecule has 0 aromatic heterocycles. The van der Waals surface area contributed by atoms with E-state index in [1.165, 1.54) is 0 Å². The van der Waals surface area contributed by atoms with Crippen molar-refractivity contribution >= 4 is 17.6 Å². The van der Waals surface area contributed by atoms with Gasteiger partial charge in [0.1, 0.15) is 11.6 Å². The second kappa shape index (κ2) is 7.71. The summed E-state index contributed by atoms with van der Waals surface area (Å²) in [7, 11) is 0. The Morgan fingerprint density at radius 3 is 2.41 bits per heavy atom. The van der Waals surface area contributed by atoms with Gasteiger partial charge in [0, 0.05) is 18.9 Å². The Balaban J connectivity index is 2.30. The van der Waals surface area contributed by atoms with Crippen LogP contribution in [-0.2, 0) is 14.3 Å². The van der Waals surface area contributed by atoms with E-state index in [1.807, 2.05) is 0 Å². The SMILES string of the molecule is O=C(CCCC(=O)OCC(F)(F)F)Nc1ccc(F)cc1F. The third-order valence-corrected chi connectivity index (χ3v) is 2.39. The quantitative estimate of drug-likeness (QED) is 0.645. The van der Waals surface area contributed by atoms with Crippen molar-refractivity contribution in [3.05, 3.63) is 29.8 Å². The normalized spacial score (nSPS) is 11.1. The van der Waals surface area contributed by atoms with Crippen molar-refractivity contribution in [1.82, 2.24) is 0 Å². The molecule has 0 aliphatic rings. The molecule has 1 amide bonds. The van der Waals surface area contributed by atoms with E-state index < -0.39 is 36.3 Å². The Hall–Kier alpha value is -2.19. The first kappa shape index (κ1) is 17.9. The molecule has 0 aliphatic heterocycles. The second-order valence-corrected chi connectivity index (χ2v) is 4.30. The number of carbonyl (C=O) groups is 2. The average molecular weight is 325 g/mol. The molecule has 22 heavy (non-hydrogen) atoms. The summed E-state index contributed by atoms with van der Waals surface area (Å²) in [4.78, 5) is 22.4. The zero-order valence-electron chi connectivity index (χ0n) is 11.2. The summed E-state index contributed by atoms with van der Waals surface area (Å²) in [5.74, 6) is -3.51. The molecule has 0 spiro atoms. The fourth-order valence-electron chi connectivity index (χ4n) is 1.43. The van der Waals surface area contributed by atoms with Gasteiger partial charge in [0.15, 0.2) is 6.61 Å². The predicted octanol–water partition coefficient (Wildman–Crippen LogP) is 3.18. The van der Waals surface area contributed by atoms with Gasteiger partial charge in [-0.3, -0.25) is 9.59 Å². The van der Waals surface area contributed by atoms with E-state index in [0.29, 0.717) is 6.07 Å². The molecule has 1 N–H and O–H groups in total. The van der Waals surface area contributed by atoms with Crippen LogP contribution in [0.15, 0.2) is 18.2 Å². The number of carbonyl (C=O) groups excluding carboxylic acids is 2. The lowest BCUT2D eigenvalue weighted by Crippen LogP contribution is -2.20. The number of halogens is 5. The first-order valence-corrected chi connectivity index (χ1v) is 6.14. The second-order valence-electron chi connectivity index (χ2n) is 4.30. The molecular weight excluding hydrogens is 313 g/mol. The van der Waals surface area contributed by atoms with Crippen LogP contribution in [0.25, 0.3) is 0 Å². The van der Waals surface area contributed by atoms with Gasteiger partial charge in [0.2, 0.25) is 5.91 Å². The van der Waals surface area contributed by atoms with Crippen LogP contribution in [0, 0.1) is 11.6 Å². The number of benzene rings is 1. The van der Waals surface area contributed by atoms with Crippen molar-refractivity contribution in [2.75, 3.05) is 11.9 Å². The number of nitrogens with one attached hydrogen (secondary N) is 1. The summed E-state index contributed by atoms with van der Waals surface area (Å²) in [5, 5.41) is 2.15. The maximum Gasteiger partial charge on any atom is 0.422 e. The number of ether oxygens (including phenoxy) is 1. The topological polar surface area (TPSA) is 55.4 Å². The molecule has 0 saturated carbocycles.